The summed E-state index contributed by atoms with van der Waals surface area (Å²) in [6.07, 6.45) is 1.63. The second-order valence-corrected chi connectivity index (χ2v) is 8.01. The largest absolute Gasteiger partial charge is 0.383 e. The third-order valence-corrected chi connectivity index (χ3v) is 5.42. The van der Waals surface area contributed by atoms with E-state index in [1.807, 2.05) is 67.6 Å². The Morgan fingerprint density at radius 3 is 2.48 bits per heavy atom. The Bertz CT molecular complexity index is 1540. The van der Waals surface area contributed by atoms with Gasteiger partial charge in [-0.05, 0) is 54.4 Å². The number of carbonyl (C=O) groups is 1. The van der Waals surface area contributed by atoms with E-state index in [1.54, 1.807) is 18.3 Å². The first kappa shape index (κ1) is 20.7. The van der Waals surface area contributed by atoms with Gasteiger partial charge in [-0.15, -0.1) is 0 Å². The summed E-state index contributed by atoms with van der Waals surface area (Å²) in [6, 6.07) is 22.2. The van der Waals surface area contributed by atoms with E-state index < -0.39 is 0 Å². The van der Waals surface area contributed by atoms with Crippen LogP contribution < -0.4 is 11.1 Å². The fraction of sp³-hybridized carbons (Fsp3) is 0.0400. The predicted molar refractivity (Wildman–Crippen MR) is 133 cm³/mol. The third-order valence-electron chi connectivity index (χ3n) is 5.17. The first-order valence-corrected chi connectivity index (χ1v) is 10.6. The second kappa shape index (κ2) is 8.37. The summed E-state index contributed by atoms with van der Waals surface area (Å²) in [7, 11) is 0. The maximum atomic E-state index is 13.3. The molecule has 3 N–H and O–H groups in total. The summed E-state index contributed by atoms with van der Waals surface area (Å²) in [5.74, 6) is -0.233. The van der Waals surface area contributed by atoms with Crippen molar-refractivity contribution in [2.75, 3.05) is 11.1 Å². The van der Waals surface area contributed by atoms with Gasteiger partial charge in [-0.2, -0.15) is 9.78 Å². The Kier molecular flexibility index (Phi) is 5.24. The number of para-hydroxylation sites is 2. The first-order valence-electron chi connectivity index (χ1n) is 10.2. The molecule has 0 aliphatic rings. The van der Waals surface area contributed by atoms with Crippen LogP contribution in [0.1, 0.15) is 21.5 Å². The van der Waals surface area contributed by atoms with E-state index in [0.717, 1.165) is 11.1 Å². The van der Waals surface area contributed by atoms with Gasteiger partial charge in [0.1, 0.15) is 16.9 Å². The molecule has 0 fully saturated rings. The van der Waals surface area contributed by atoms with E-state index in [-0.39, 0.29) is 17.3 Å². The van der Waals surface area contributed by atoms with Gasteiger partial charge in [0.25, 0.3) is 5.91 Å². The Labute approximate surface area is 194 Å². The molecule has 0 spiro atoms. The highest BCUT2D eigenvalue weighted by Gasteiger charge is 2.24. The standard InChI is InChI=1S/C25H19ClN6O/c1-15-5-4-6-18(13-15)29-25(33)21-22-24(31-20-8-3-2-7-19(20)30-22)32(23(21)27)28-14-16-9-11-17(26)12-10-16/h2-14H,27H2,1H3,(H,29,33). The van der Waals surface area contributed by atoms with E-state index >= 15 is 0 Å². The van der Waals surface area contributed by atoms with Crippen molar-refractivity contribution in [3.8, 4) is 0 Å². The van der Waals surface area contributed by atoms with Crippen molar-refractivity contribution in [3.05, 3.63) is 94.5 Å². The lowest BCUT2D eigenvalue weighted by molar-refractivity contribution is 0.102. The number of halogens is 1. The number of nitrogens with two attached hydrogens (primary N) is 1. The Balaban J connectivity index is 1.66. The maximum Gasteiger partial charge on any atom is 0.261 e. The molecule has 0 aliphatic heterocycles. The number of nitrogens with zero attached hydrogens (tertiary/aromatic N) is 4. The average molecular weight is 455 g/mol. The minimum Gasteiger partial charge on any atom is -0.383 e. The molecule has 2 aromatic heterocycles. The van der Waals surface area contributed by atoms with Crippen LogP contribution in [0.4, 0.5) is 11.5 Å². The van der Waals surface area contributed by atoms with Crippen LogP contribution >= 0.6 is 11.6 Å². The van der Waals surface area contributed by atoms with E-state index in [1.165, 1.54) is 4.68 Å². The van der Waals surface area contributed by atoms with Crippen molar-refractivity contribution in [2.45, 2.75) is 6.92 Å². The lowest BCUT2D eigenvalue weighted by atomic mass is 10.2. The zero-order valence-electron chi connectivity index (χ0n) is 17.7. The Hall–Kier alpha value is -4.23. The van der Waals surface area contributed by atoms with Crippen molar-refractivity contribution in [1.29, 1.82) is 0 Å². The molecule has 0 atom stereocenters. The number of aromatic nitrogens is 3. The molecule has 7 nitrogen and oxygen atoms in total. The number of carbonyl (C=O) groups excluding carboxylic acids is 1. The topological polar surface area (TPSA) is 98.2 Å². The van der Waals surface area contributed by atoms with Crippen LogP contribution in [-0.4, -0.2) is 26.8 Å². The van der Waals surface area contributed by atoms with Crippen molar-refractivity contribution < 1.29 is 4.79 Å². The van der Waals surface area contributed by atoms with Gasteiger partial charge in [-0.25, -0.2) is 9.97 Å². The SMILES string of the molecule is Cc1cccc(NC(=O)c2c(N)n(N=Cc3ccc(Cl)cc3)c3nc4ccccc4nc23)c1. The summed E-state index contributed by atoms with van der Waals surface area (Å²) >= 11 is 5.97. The lowest BCUT2D eigenvalue weighted by Crippen LogP contribution is -2.14. The molecule has 0 radical (unpaired) electrons. The van der Waals surface area contributed by atoms with Gasteiger partial charge in [0.15, 0.2) is 5.65 Å². The smallest absolute Gasteiger partial charge is 0.261 e. The van der Waals surface area contributed by atoms with Gasteiger partial charge >= 0.3 is 0 Å². The molecular formula is C25H19ClN6O. The van der Waals surface area contributed by atoms with Gasteiger partial charge in [-0.1, -0.05) is 48.0 Å². The molecule has 0 saturated heterocycles. The number of nitrogens with one attached hydrogen (secondary N) is 1. The van der Waals surface area contributed by atoms with E-state index in [0.29, 0.717) is 32.9 Å². The number of nitrogen functional groups attached to an aromatic ring is 1. The van der Waals surface area contributed by atoms with Crippen LogP contribution in [0, 0.1) is 6.92 Å². The number of hydrogen-bond acceptors (Lipinski definition) is 5. The third kappa shape index (κ3) is 4.02. The summed E-state index contributed by atoms with van der Waals surface area (Å²) in [5.41, 5.74) is 11.3. The van der Waals surface area contributed by atoms with Crippen LogP contribution in [-0.2, 0) is 0 Å². The molecule has 162 valence electrons. The molecule has 0 saturated carbocycles. The highest BCUT2D eigenvalue weighted by Crippen LogP contribution is 2.28. The molecule has 0 bridgehead atoms. The number of benzene rings is 3. The number of fused-ring (bicyclic) bond motifs is 2. The summed E-state index contributed by atoms with van der Waals surface area (Å²) in [4.78, 5) is 22.7. The monoisotopic (exact) mass is 454 g/mol. The van der Waals surface area contributed by atoms with Crippen molar-refractivity contribution in [2.24, 2.45) is 5.10 Å². The summed E-state index contributed by atoms with van der Waals surface area (Å²) in [6.45, 7) is 1.96. The molecule has 2 heterocycles. The van der Waals surface area contributed by atoms with Crippen LogP contribution in [0.3, 0.4) is 0 Å². The molecule has 8 heteroatoms. The number of anilines is 2. The van der Waals surface area contributed by atoms with E-state index in [9.17, 15) is 4.79 Å². The Morgan fingerprint density at radius 1 is 1.03 bits per heavy atom. The molecule has 33 heavy (non-hydrogen) atoms. The number of rotatable bonds is 4. The normalized spacial score (nSPS) is 11.5. The molecule has 0 unspecified atom stereocenters. The van der Waals surface area contributed by atoms with Gasteiger partial charge < -0.3 is 11.1 Å². The second-order valence-electron chi connectivity index (χ2n) is 7.58. The van der Waals surface area contributed by atoms with Crippen LogP contribution in [0.15, 0.2) is 77.9 Å². The fourth-order valence-electron chi connectivity index (χ4n) is 3.58. The molecular weight excluding hydrogens is 436 g/mol. The minimum atomic E-state index is -0.381. The van der Waals surface area contributed by atoms with Crippen molar-refractivity contribution >= 4 is 57.4 Å². The number of hydrogen-bond donors (Lipinski definition) is 2. The van der Waals surface area contributed by atoms with Crippen molar-refractivity contribution in [1.82, 2.24) is 14.6 Å². The van der Waals surface area contributed by atoms with Gasteiger partial charge in [0.05, 0.1) is 17.2 Å². The van der Waals surface area contributed by atoms with E-state index in [2.05, 4.69) is 10.4 Å². The summed E-state index contributed by atoms with van der Waals surface area (Å²) < 4.78 is 1.44. The van der Waals surface area contributed by atoms with Gasteiger partial charge in [0, 0.05) is 10.7 Å². The lowest BCUT2D eigenvalue weighted by Gasteiger charge is -2.06. The Morgan fingerprint density at radius 2 is 1.76 bits per heavy atom. The van der Waals surface area contributed by atoms with Gasteiger partial charge in [-0.3, -0.25) is 4.79 Å². The molecule has 5 rings (SSSR count). The van der Waals surface area contributed by atoms with Crippen molar-refractivity contribution in [3.63, 3.8) is 0 Å². The van der Waals surface area contributed by atoms with Crippen LogP contribution in [0.2, 0.25) is 5.02 Å². The summed E-state index contributed by atoms with van der Waals surface area (Å²) in [5, 5.41) is 8.04. The molecule has 5 aromatic rings. The molecule has 0 aliphatic carbocycles. The minimum absolute atomic E-state index is 0.149. The molecule has 3 aromatic carbocycles. The zero-order chi connectivity index (χ0) is 22.9. The maximum absolute atomic E-state index is 13.3. The van der Waals surface area contributed by atoms with Gasteiger partial charge in [0.2, 0.25) is 0 Å². The van der Waals surface area contributed by atoms with Crippen LogP contribution in [0.5, 0.6) is 0 Å². The van der Waals surface area contributed by atoms with Crippen LogP contribution in [0.25, 0.3) is 22.2 Å². The highest BCUT2D eigenvalue weighted by molar-refractivity contribution is 6.30. The molecule has 1 amide bonds. The highest BCUT2D eigenvalue weighted by atomic mass is 35.5. The fourth-order valence-corrected chi connectivity index (χ4v) is 3.70. The first-order chi connectivity index (χ1) is 16.0. The average Bonchev–Trinajstić information content (AvgIpc) is 3.07. The quantitative estimate of drug-likeness (QED) is 0.362. The number of amides is 1. The number of aryl methyl sites for hydroxylation is 1. The predicted octanol–water partition coefficient (Wildman–Crippen LogP) is 5.26. The van der Waals surface area contributed by atoms with E-state index in [4.69, 9.17) is 27.3 Å². The zero-order valence-corrected chi connectivity index (χ0v) is 18.4.